The SMILES string of the molecule is CCCCOc1ccc(C(=O)NCC(=O)NCC(=O)NCC)cc1. The standard InChI is InChI=1S/C17H25N3O4/c1-3-5-10-24-14-8-6-13(7-9-14)17(23)20-12-16(22)19-11-15(21)18-4-2/h6-9H,3-5,10-12H2,1-2H3,(H,18,21)(H,19,22)(H,20,23). The molecular weight excluding hydrogens is 310 g/mol. The fraction of sp³-hybridized carbons (Fsp3) is 0.471. The normalized spacial score (nSPS) is 9.92. The number of benzene rings is 1. The topological polar surface area (TPSA) is 96.5 Å². The molecule has 1 aromatic rings. The zero-order valence-corrected chi connectivity index (χ0v) is 14.2. The number of ether oxygens (including phenoxy) is 1. The third-order valence-electron chi connectivity index (χ3n) is 3.11. The quantitative estimate of drug-likeness (QED) is 0.552. The number of unbranched alkanes of at least 4 members (excludes halogenated alkanes) is 1. The highest BCUT2D eigenvalue weighted by Gasteiger charge is 2.09. The third kappa shape index (κ3) is 7.62. The van der Waals surface area contributed by atoms with Crippen LogP contribution < -0.4 is 20.7 Å². The summed E-state index contributed by atoms with van der Waals surface area (Å²) in [6.45, 7) is 4.74. The Labute approximate surface area is 142 Å². The number of carbonyl (C=O) groups excluding carboxylic acids is 3. The summed E-state index contributed by atoms with van der Waals surface area (Å²) < 4.78 is 5.52. The van der Waals surface area contributed by atoms with E-state index in [0.717, 1.165) is 12.8 Å². The molecule has 24 heavy (non-hydrogen) atoms. The molecule has 0 heterocycles. The molecule has 0 fully saturated rings. The van der Waals surface area contributed by atoms with Crippen molar-refractivity contribution in [1.29, 1.82) is 0 Å². The van der Waals surface area contributed by atoms with Gasteiger partial charge in [0.15, 0.2) is 0 Å². The summed E-state index contributed by atoms with van der Waals surface area (Å²) >= 11 is 0. The fourth-order valence-electron chi connectivity index (χ4n) is 1.80. The van der Waals surface area contributed by atoms with Gasteiger partial charge >= 0.3 is 0 Å². The Morgan fingerprint density at radius 2 is 1.54 bits per heavy atom. The van der Waals surface area contributed by atoms with Gasteiger partial charge in [0.05, 0.1) is 19.7 Å². The van der Waals surface area contributed by atoms with Crippen LogP contribution in [0.4, 0.5) is 0 Å². The highest BCUT2D eigenvalue weighted by atomic mass is 16.5. The smallest absolute Gasteiger partial charge is 0.251 e. The van der Waals surface area contributed by atoms with Gasteiger partial charge in [-0.3, -0.25) is 14.4 Å². The first-order valence-electron chi connectivity index (χ1n) is 8.11. The molecule has 0 bridgehead atoms. The Bertz CT molecular complexity index is 543. The number of hydrogen-bond donors (Lipinski definition) is 3. The lowest BCUT2D eigenvalue weighted by Crippen LogP contribution is -2.41. The van der Waals surface area contributed by atoms with E-state index in [4.69, 9.17) is 4.74 Å². The van der Waals surface area contributed by atoms with E-state index in [-0.39, 0.29) is 24.9 Å². The molecule has 3 amide bonds. The first-order chi connectivity index (χ1) is 11.6. The van der Waals surface area contributed by atoms with E-state index in [1.807, 2.05) is 0 Å². The largest absolute Gasteiger partial charge is 0.494 e. The van der Waals surface area contributed by atoms with Crippen LogP contribution in [0, 0.1) is 0 Å². The molecule has 132 valence electrons. The molecule has 0 saturated carbocycles. The summed E-state index contributed by atoms with van der Waals surface area (Å²) in [5.41, 5.74) is 0.439. The van der Waals surface area contributed by atoms with Crippen LogP contribution in [-0.2, 0) is 9.59 Å². The molecule has 7 nitrogen and oxygen atoms in total. The van der Waals surface area contributed by atoms with Crippen LogP contribution in [0.25, 0.3) is 0 Å². The third-order valence-corrected chi connectivity index (χ3v) is 3.11. The van der Waals surface area contributed by atoms with Crippen molar-refractivity contribution in [2.75, 3.05) is 26.2 Å². The number of likely N-dealkylation sites (N-methyl/N-ethyl adjacent to an activating group) is 1. The lowest BCUT2D eigenvalue weighted by atomic mass is 10.2. The van der Waals surface area contributed by atoms with Gasteiger partial charge in [0.25, 0.3) is 5.91 Å². The van der Waals surface area contributed by atoms with Crippen molar-refractivity contribution in [2.45, 2.75) is 26.7 Å². The number of nitrogens with one attached hydrogen (secondary N) is 3. The minimum Gasteiger partial charge on any atom is -0.494 e. The fourth-order valence-corrected chi connectivity index (χ4v) is 1.80. The molecule has 0 aliphatic heterocycles. The predicted octanol–water partition coefficient (Wildman–Crippen LogP) is 0.848. The summed E-state index contributed by atoms with van der Waals surface area (Å²) in [4.78, 5) is 34.7. The van der Waals surface area contributed by atoms with Crippen molar-refractivity contribution in [1.82, 2.24) is 16.0 Å². The van der Waals surface area contributed by atoms with Gasteiger partial charge in [-0.15, -0.1) is 0 Å². The van der Waals surface area contributed by atoms with Gasteiger partial charge < -0.3 is 20.7 Å². The molecule has 0 aromatic heterocycles. The van der Waals surface area contributed by atoms with Crippen LogP contribution in [0.1, 0.15) is 37.0 Å². The number of hydrogen-bond acceptors (Lipinski definition) is 4. The summed E-state index contributed by atoms with van der Waals surface area (Å²) in [6, 6.07) is 6.73. The summed E-state index contributed by atoms with van der Waals surface area (Å²) in [5.74, 6) is -0.340. The Morgan fingerprint density at radius 3 is 2.17 bits per heavy atom. The Hall–Kier alpha value is -2.57. The van der Waals surface area contributed by atoms with Crippen LogP contribution in [0.5, 0.6) is 5.75 Å². The highest BCUT2D eigenvalue weighted by Crippen LogP contribution is 2.12. The minimum atomic E-state index is -0.422. The first kappa shape index (κ1) is 19.5. The van der Waals surface area contributed by atoms with Gasteiger partial charge in [-0.1, -0.05) is 13.3 Å². The molecule has 0 radical (unpaired) electrons. The molecule has 7 heteroatoms. The lowest BCUT2D eigenvalue weighted by molar-refractivity contribution is -0.125. The minimum absolute atomic E-state index is 0.105. The average Bonchev–Trinajstić information content (AvgIpc) is 2.59. The van der Waals surface area contributed by atoms with Gasteiger partial charge in [0, 0.05) is 12.1 Å². The molecule has 0 aliphatic rings. The van der Waals surface area contributed by atoms with Crippen LogP contribution in [0.15, 0.2) is 24.3 Å². The van der Waals surface area contributed by atoms with Gasteiger partial charge in [-0.05, 0) is 37.6 Å². The maximum atomic E-state index is 12.0. The molecule has 0 saturated heterocycles. The van der Waals surface area contributed by atoms with Gasteiger partial charge in [-0.2, -0.15) is 0 Å². The second kappa shape index (κ2) is 11.0. The van der Waals surface area contributed by atoms with Crippen molar-refractivity contribution in [2.24, 2.45) is 0 Å². The van der Waals surface area contributed by atoms with E-state index in [9.17, 15) is 14.4 Å². The van der Waals surface area contributed by atoms with E-state index in [1.54, 1.807) is 31.2 Å². The van der Waals surface area contributed by atoms with Crippen LogP contribution in [-0.4, -0.2) is 44.0 Å². The Balaban J connectivity index is 2.34. The van der Waals surface area contributed by atoms with E-state index in [2.05, 4.69) is 22.9 Å². The van der Waals surface area contributed by atoms with E-state index in [1.165, 1.54) is 0 Å². The molecule has 0 atom stereocenters. The van der Waals surface area contributed by atoms with E-state index in [0.29, 0.717) is 24.5 Å². The molecule has 0 unspecified atom stereocenters. The molecule has 3 N–H and O–H groups in total. The van der Waals surface area contributed by atoms with Crippen molar-refractivity contribution in [3.8, 4) is 5.75 Å². The van der Waals surface area contributed by atoms with Crippen molar-refractivity contribution in [3.63, 3.8) is 0 Å². The van der Waals surface area contributed by atoms with Crippen molar-refractivity contribution >= 4 is 17.7 Å². The molecule has 1 rings (SSSR count). The average molecular weight is 335 g/mol. The maximum absolute atomic E-state index is 12.0. The van der Waals surface area contributed by atoms with Crippen molar-refractivity contribution < 1.29 is 19.1 Å². The van der Waals surface area contributed by atoms with Crippen LogP contribution in [0.3, 0.4) is 0 Å². The summed E-state index contributed by atoms with van der Waals surface area (Å²) in [5, 5.41) is 7.49. The monoisotopic (exact) mass is 335 g/mol. The van der Waals surface area contributed by atoms with Gasteiger partial charge in [0.2, 0.25) is 11.8 Å². The Morgan fingerprint density at radius 1 is 0.917 bits per heavy atom. The summed E-state index contributed by atoms with van der Waals surface area (Å²) in [7, 11) is 0. The molecular formula is C17H25N3O4. The predicted molar refractivity (Wildman–Crippen MR) is 90.9 cm³/mol. The van der Waals surface area contributed by atoms with Crippen LogP contribution in [0.2, 0.25) is 0 Å². The Kier molecular flexibility index (Phi) is 8.96. The molecule has 0 aliphatic carbocycles. The second-order valence-corrected chi connectivity index (χ2v) is 5.14. The number of carbonyl (C=O) groups is 3. The number of amides is 3. The maximum Gasteiger partial charge on any atom is 0.251 e. The number of rotatable bonds is 10. The summed E-state index contributed by atoms with van der Waals surface area (Å²) in [6.07, 6.45) is 2.04. The first-order valence-corrected chi connectivity index (χ1v) is 8.11. The van der Waals surface area contributed by atoms with Gasteiger partial charge in [-0.25, -0.2) is 0 Å². The second-order valence-electron chi connectivity index (χ2n) is 5.14. The van der Waals surface area contributed by atoms with Crippen LogP contribution >= 0.6 is 0 Å². The highest BCUT2D eigenvalue weighted by molar-refractivity contribution is 5.96. The zero-order valence-electron chi connectivity index (χ0n) is 14.2. The molecule has 0 spiro atoms. The lowest BCUT2D eigenvalue weighted by Gasteiger charge is -2.08. The van der Waals surface area contributed by atoms with E-state index < -0.39 is 5.91 Å². The molecule has 1 aromatic carbocycles. The zero-order chi connectivity index (χ0) is 17.8. The van der Waals surface area contributed by atoms with Gasteiger partial charge in [0.1, 0.15) is 5.75 Å². The van der Waals surface area contributed by atoms with E-state index >= 15 is 0 Å². The van der Waals surface area contributed by atoms with Crippen molar-refractivity contribution in [3.05, 3.63) is 29.8 Å².